The first-order chi connectivity index (χ1) is 13.3. The summed E-state index contributed by atoms with van der Waals surface area (Å²) in [6.07, 6.45) is 1.20. The van der Waals surface area contributed by atoms with Crippen molar-refractivity contribution in [3.05, 3.63) is 25.8 Å². The van der Waals surface area contributed by atoms with Crippen LogP contribution < -0.4 is 10.2 Å². The Kier molecular flexibility index (Phi) is 6.55. The zero-order chi connectivity index (χ0) is 20.4. The van der Waals surface area contributed by atoms with Crippen LogP contribution in [0.4, 0.5) is 5.13 Å². The average Bonchev–Trinajstić information content (AvgIpc) is 3.24. The van der Waals surface area contributed by atoms with Gasteiger partial charge in [0.05, 0.1) is 17.8 Å². The SMILES string of the molecule is CCc1[nH]c(C(=O)N[C@H]2CCN(c3nc(C)c(C(=O)O)s3)C[C@H]2OC)nc1I. The summed E-state index contributed by atoms with van der Waals surface area (Å²) in [6.45, 7) is 4.86. The van der Waals surface area contributed by atoms with Gasteiger partial charge in [0, 0.05) is 25.9 Å². The lowest BCUT2D eigenvalue weighted by molar-refractivity contribution is 0.0538. The minimum atomic E-state index is -0.966. The first-order valence-electron chi connectivity index (χ1n) is 8.87. The standard InChI is InChI=1S/C17H22IN5O4S/c1-4-9-13(18)22-14(20-9)15(24)21-10-5-6-23(7-11(10)27-3)17-19-8(2)12(28-17)16(25)26/h10-11H,4-7H2,1-3H3,(H,20,22)(H,21,24)(H,25,26)/t10-,11+/m0/s1. The number of anilines is 1. The van der Waals surface area contributed by atoms with Crippen LogP contribution in [-0.2, 0) is 11.2 Å². The lowest BCUT2D eigenvalue weighted by atomic mass is 10.0. The maximum absolute atomic E-state index is 12.6. The number of amides is 1. The molecular formula is C17H22IN5O4S. The van der Waals surface area contributed by atoms with E-state index in [-0.39, 0.29) is 22.9 Å². The Bertz CT molecular complexity index is 883. The summed E-state index contributed by atoms with van der Waals surface area (Å²) in [6, 6.07) is -0.165. The zero-order valence-electron chi connectivity index (χ0n) is 15.8. The van der Waals surface area contributed by atoms with Crippen molar-refractivity contribution in [1.82, 2.24) is 20.3 Å². The van der Waals surface area contributed by atoms with E-state index in [4.69, 9.17) is 4.74 Å². The van der Waals surface area contributed by atoms with Gasteiger partial charge in [-0.05, 0) is 42.4 Å². The lowest BCUT2D eigenvalue weighted by Gasteiger charge is -2.37. The predicted octanol–water partition coefficient (Wildman–Crippen LogP) is 2.06. The number of carboxylic acid groups (broad SMARTS) is 1. The number of aromatic nitrogens is 3. The number of nitrogens with zero attached hydrogens (tertiary/aromatic N) is 3. The molecule has 1 aliphatic heterocycles. The Morgan fingerprint density at radius 1 is 1.46 bits per heavy atom. The second-order valence-corrected chi connectivity index (χ2v) is 8.51. The van der Waals surface area contributed by atoms with Crippen molar-refractivity contribution in [3.63, 3.8) is 0 Å². The molecule has 11 heteroatoms. The van der Waals surface area contributed by atoms with Crippen LogP contribution >= 0.6 is 33.9 Å². The molecule has 28 heavy (non-hydrogen) atoms. The Balaban J connectivity index is 1.68. The van der Waals surface area contributed by atoms with Crippen molar-refractivity contribution in [2.24, 2.45) is 0 Å². The van der Waals surface area contributed by atoms with E-state index >= 15 is 0 Å². The van der Waals surface area contributed by atoms with Gasteiger partial charge < -0.3 is 25.0 Å². The summed E-state index contributed by atoms with van der Waals surface area (Å²) >= 11 is 3.28. The molecule has 0 unspecified atom stereocenters. The molecule has 1 saturated heterocycles. The summed E-state index contributed by atoms with van der Waals surface area (Å²) in [5, 5.41) is 12.9. The first-order valence-corrected chi connectivity index (χ1v) is 10.8. The van der Waals surface area contributed by atoms with Crippen LogP contribution in [0.25, 0.3) is 0 Å². The number of halogens is 1. The van der Waals surface area contributed by atoms with Crippen LogP contribution in [0, 0.1) is 10.6 Å². The fourth-order valence-corrected chi connectivity index (χ4v) is 4.87. The number of ether oxygens (including phenoxy) is 1. The molecule has 2 aromatic heterocycles. The van der Waals surface area contributed by atoms with E-state index in [9.17, 15) is 14.7 Å². The third kappa shape index (κ3) is 4.30. The highest BCUT2D eigenvalue weighted by molar-refractivity contribution is 14.1. The maximum atomic E-state index is 12.6. The molecule has 0 radical (unpaired) electrons. The number of rotatable bonds is 6. The number of H-pyrrole nitrogens is 1. The summed E-state index contributed by atoms with van der Waals surface area (Å²) in [5.74, 6) is -0.914. The van der Waals surface area contributed by atoms with Crippen molar-refractivity contribution in [2.75, 3.05) is 25.1 Å². The fraction of sp³-hybridized carbons (Fsp3) is 0.529. The molecule has 0 bridgehead atoms. The van der Waals surface area contributed by atoms with E-state index in [2.05, 4.69) is 42.9 Å². The van der Waals surface area contributed by atoms with E-state index in [1.807, 2.05) is 11.8 Å². The second kappa shape index (κ2) is 8.74. The van der Waals surface area contributed by atoms with Crippen LogP contribution in [0.15, 0.2) is 0 Å². The minimum absolute atomic E-state index is 0.165. The minimum Gasteiger partial charge on any atom is -0.477 e. The van der Waals surface area contributed by atoms with E-state index in [1.54, 1.807) is 14.0 Å². The van der Waals surface area contributed by atoms with Crippen molar-refractivity contribution in [3.8, 4) is 0 Å². The molecule has 1 aliphatic rings. The largest absolute Gasteiger partial charge is 0.477 e. The van der Waals surface area contributed by atoms with Gasteiger partial charge in [0.1, 0.15) is 8.58 Å². The first kappa shape index (κ1) is 21.0. The topological polar surface area (TPSA) is 120 Å². The molecule has 9 nitrogen and oxygen atoms in total. The van der Waals surface area contributed by atoms with Crippen LogP contribution in [0.3, 0.4) is 0 Å². The lowest BCUT2D eigenvalue weighted by Crippen LogP contribution is -2.55. The maximum Gasteiger partial charge on any atom is 0.347 e. The smallest absolute Gasteiger partial charge is 0.347 e. The number of carbonyl (C=O) groups excluding carboxylic acids is 1. The number of carboxylic acids is 1. The van der Waals surface area contributed by atoms with Gasteiger partial charge in [0.2, 0.25) is 0 Å². The third-order valence-corrected chi connectivity index (χ3v) is 6.82. The molecule has 0 spiro atoms. The highest BCUT2D eigenvalue weighted by atomic mass is 127. The van der Waals surface area contributed by atoms with Gasteiger partial charge in [-0.3, -0.25) is 4.79 Å². The zero-order valence-corrected chi connectivity index (χ0v) is 18.8. The van der Waals surface area contributed by atoms with Crippen LogP contribution in [0.2, 0.25) is 0 Å². The number of imidazole rings is 1. The van der Waals surface area contributed by atoms with Gasteiger partial charge in [0.25, 0.3) is 5.91 Å². The Labute approximate surface area is 180 Å². The number of piperidine rings is 1. The van der Waals surface area contributed by atoms with Gasteiger partial charge in [-0.15, -0.1) is 0 Å². The summed E-state index contributed by atoms with van der Waals surface area (Å²) in [4.78, 5) is 37.8. The quantitative estimate of drug-likeness (QED) is 0.500. The molecule has 3 rings (SSSR count). The van der Waals surface area contributed by atoms with E-state index in [0.717, 1.165) is 27.2 Å². The predicted molar refractivity (Wildman–Crippen MR) is 113 cm³/mol. The number of methoxy groups -OCH3 is 1. The number of thiazole rings is 1. The number of aromatic carboxylic acids is 1. The Morgan fingerprint density at radius 3 is 2.79 bits per heavy atom. The van der Waals surface area contributed by atoms with Gasteiger partial charge in [-0.25, -0.2) is 14.8 Å². The number of hydrogen-bond acceptors (Lipinski definition) is 7. The Hall–Kier alpha value is -1.73. The van der Waals surface area contributed by atoms with Crippen LogP contribution in [0.5, 0.6) is 0 Å². The monoisotopic (exact) mass is 519 g/mol. The van der Waals surface area contributed by atoms with Crippen molar-refractivity contribution >= 4 is 50.9 Å². The molecule has 1 fully saturated rings. The molecule has 0 aromatic carbocycles. The number of hydrogen-bond donors (Lipinski definition) is 3. The summed E-state index contributed by atoms with van der Waals surface area (Å²) < 4.78 is 6.40. The van der Waals surface area contributed by atoms with E-state index in [0.29, 0.717) is 36.2 Å². The van der Waals surface area contributed by atoms with Crippen molar-refractivity contribution < 1.29 is 19.4 Å². The fourth-order valence-electron chi connectivity index (χ4n) is 3.18. The second-order valence-electron chi connectivity index (χ2n) is 6.51. The molecule has 3 heterocycles. The van der Waals surface area contributed by atoms with Gasteiger partial charge in [-0.2, -0.15) is 0 Å². The molecule has 3 N–H and O–H groups in total. The summed E-state index contributed by atoms with van der Waals surface area (Å²) in [5.41, 5.74) is 1.45. The molecule has 0 saturated carbocycles. The molecule has 0 aliphatic carbocycles. The molecule has 1 amide bonds. The summed E-state index contributed by atoms with van der Waals surface area (Å²) in [7, 11) is 1.61. The molecular weight excluding hydrogens is 497 g/mol. The number of carbonyl (C=O) groups is 2. The number of aryl methyl sites for hydroxylation is 2. The van der Waals surface area contributed by atoms with Crippen LogP contribution in [0.1, 0.15) is 45.0 Å². The van der Waals surface area contributed by atoms with E-state index < -0.39 is 5.97 Å². The molecule has 2 atom stereocenters. The Morgan fingerprint density at radius 2 is 2.21 bits per heavy atom. The van der Waals surface area contributed by atoms with Gasteiger partial charge in [0.15, 0.2) is 11.0 Å². The number of aromatic amines is 1. The molecule has 2 aromatic rings. The average molecular weight is 519 g/mol. The van der Waals surface area contributed by atoms with Gasteiger partial charge in [-0.1, -0.05) is 18.3 Å². The van der Waals surface area contributed by atoms with Crippen LogP contribution in [-0.4, -0.2) is 64.3 Å². The number of nitrogens with one attached hydrogen (secondary N) is 2. The van der Waals surface area contributed by atoms with E-state index in [1.165, 1.54) is 0 Å². The third-order valence-electron chi connectivity index (χ3n) is 4.73. The van der Waals surface area contributed by atoms with Crippen molar-refractivity contribution in [2.45, 2.75) is 38.8 Å². The van der Waals surface area contributed by atoms with Gasteiger partial charge >= 0.3 is 5.97 Å². The highest BCUT2D eigenvalue weighted by Crippen LogP contribution is 2.29. The normalized spacial score (nSPS) is 19.6. The highest BCUT2D eigenvalue weighted by Gasteiger charge is 2.33. The van der Waals surface area contributed by atoms with Crippen molar-refractivity contribution in [1.29, 1.82) is 0 Å². The molecule has 152 valence electrons.